The number of carboxylic acids is 1. The van der Waals surface area contributed by atoms with Crippen LogP contribution in [0.15, 0.2) is 24.3 Å². The van der Waals surface area contributed by atoms with Gasteiger partial charge in [0.15, 0.2) is 0 Å². The first-order chi connectivity index (χ1) is 11.1. The Morgan fingerprint density at radius 1 is 1.13 bits per heavy atom. The highest BCUT2D eigenvalue weighted by atomic mass is 16.5. The van der Waals surface area contributed by atoms with Crippen LogP contribution in [0, 0.1) is 29.1 Å². The van der Waals surface area contributed by atoms with E-state index in [1.165, 1.54) is 6.42 Å². The minimum absolute atomic E-state index is 0.230. The third-order valence-electron chi connectivity index (χ3n) is 6.85. The molecule has 5 rings (SSSR count). The average molecular weight is 315 g/mol. The predicted octanol–water partition coefficient (Wildman–Crippen LogP) is 3.22. The maximum Gasteiger partial charge on any atom is 0.312 e. The van der Waals surface area contributed by atoms with Crippen LogP contribution in [0.1, 0.15) is 43.7 Å². The lowest BCUT2D eigenvalue weighted by Gasteiger charge is -2.61. The monoisotopic (exact) mass is 315 g/mol. The van der Waals surface area contributed by atoms with Crippen molar-refractivity contribution in [3.05, 3.63) is 29.8 Å². The van der Waals surface area contributed by atoms with Crippen LogP contribution in [0.2, 0.25) is 0 Å². The van der Waals surface area contributed by atoms with Gasteiger partial charge in [0.25, 0.3) is 0 Å². The minimum atomic E-state index is -0.790. The summed E-state index contributed by atoms with van der Waals surface area (Å²) in [6.07, 6.45) is 5.49. The predicted molar refractivity (Wildman–Crippen MR) is 87.0 cm³/mol. The second-order valence-corrected chi connectivity index (χ2v) is 7.79. The van der Waals surface area contributed by atoms with Crippen molar-refractivity contribution in [2.45, 2.75) is 38.1 Å². The number of hydrogen-bond acceptors (Lipinski definition) is 3. The lowest BCUT2D eigenvalue weighted by atomic mass is 9.43. The number of carbonyl (C=O) groups is 1. The SMILES string of the molecule is COc1ccc(C(N)C2(C(=O)O)C3CC4CC(C3)CC2C4)cc1. The molecule has 124 valence electrons. The molecule has 4 saturated carbocycles. The fraction of sp³-hybridized carbons (Fsp3) is 0.632. The van der Waals surface area contributed by atoms with E-state index in [1.807, 2.05) is 24.3 Å². The molecule has 3 N–H and O–H groups in total. The standard InChI is InChI=1S/C19H25NO3/c1-23-16-4-2-13(3-5-16)17(20)19(18(21)22)14-7-11-6-12(9-14)10-15(19)8-11/h2-5,11-12,14-15,17H,6-10,20H2,1H3,(H,21,22). The van der Waals surface area contributed by atoms with E-state index in [2.05, 4.69) is 0 Å². The number of methoxy groups -OCH3 is 1. The van der Waals surface area contributed by atoms with Crippen LogP contribution < -0.4 is 10.5 Å². The van der Waals surface area contributed by atoms with Gasteiger partial charge in [0.05, 0.1) is 12.5 Å². The van der Waals surface area contributed by atoms with Gasteiger partial charge >= 0.3 is 5.97 Å². The number of nitrogens with two attached hydrogens (primary N) is 1. The Kier molecular flexibility index (Phi) is 3.41. The van der Waals surface area contributed by atoms with Gasteiger partial charge < -0.3 is 15.6 Å². The van der Waals surface area contributed by atoms with E-state index in [0.717, 1.165) is 48.8 Å². The van der Waals surface area contributed by atoms with Crippen LogP contribution in [0.25, 0.3) is 0 Å². The number of aliphatic carboxylic acids is 1. The third kappa shape index (κ3) is 2.04. The molecule has 4 nitrogen and oxygen atoms in total. The van der Waals surface area contributed by atoms with Crippen molar-refractivity contribution in [2.75, 3.05) is 7.11 Å². The Labute approximate surface area is 137 Å². The first-order valence-electron chi connectivity index (χ1n) is 8.68. The first kappa shape index (κ1) is 15.0. The summed E-state index contributed by atoms with van der Waals surface area (Å²) in [6.45, 7) is 0. The molecule has 0 radical (unpaired) electrons. The Morgan fingerprint density at radius 3 is 2.09 bits per heavy atom. The molecule has 0 saturated heterocycles. The molecule has 4 aliphatic carbocycles. The molecule has 4 fully saturated rings. The molecule has 1 atom stereocenters. The maximum absolute atomic E-state index is 12.4. The highest BCUT2D eigenvalue weighted by molar-refractivity contribution is 5.77. The van der Waals surface area contributed by atoms with E-state index in [4.69, 9.17) is 10.5 Å². The van der Waals surface area contributed by atoms with Crippen LogP contribution in [-0.4, -0.2) is 18.2 Å². The van der Waals surface area contributed by atoms with E-state index >= 15 is 0 Å². The Bertz CT molecular complexity index is 582. The number of carboxylic acid groups (broad SMARTS) is 1. The molecule has 0 aromatic heterocycles. The van der Waals surface area contributed by atoms with Gasteiger partial charge in [-0.05, 0) is 73.5 Å². The molecule has 1 aromatic rings. The number of benzene rings is 1. The summed E-state index contributed by atoms with van der Waals surface area (Å²) in [5.41, 5.74) is 6.75. The normalized spacial score (nSPS) is 39.2. The largest absolute Gasteiger partial charge is 0.497 e. The van der Waals surface area contributed by atoms with E-state index < -0.39 is 17.4 Å². The number of hydrogen-bond donors (Lipinski definition) is 2. The van der Waals surface area contributed by atoms with Crippen LogP contribution in [0.4, 0.5) is 0 Å². The smallest absolute Gasteiger partial charge is 0.312 e. The summed E-state index contributed by atoms with van der Waals surface area (Å²) >= 11 is 0. The fourth-order valence-electron chi connectivity index (χ4n) is 6.04. The van der Waals surface area contributed by atoms with Crippen molar-refractivity contribution in [1.82, 2.24) is 0 Å². The molecule has 4 heteroatoms. The van der Waals surface area contributed by atoms with E-state index in [0.29, 0.717) is 0 Å². The van der Waals surface area contributed by atoms with Gasteiger partial charge in [0.2, 0.25) is 0 Å². The van der Waals surface area contributed by atoms with Crippen LogP contribution in [0.5, 0.6) is 5.75 Å². The molecule has 0 aliphatic heterocycles. The van der Waals surface area contributed by atoms with Gasteiger partial charge in [-0.2, -0.15) is 0 Å². The Morgan fingerprint density at radius 2 is 1.65 bits per heavy atom. The van der Waals surface area contributed by atoms with Gasteiger partial charge in [0.1, 0.15) is 5.75 Å². The molecule has 0 heterocycles. The highest BCUT2D eigenvalue weighted by Gasteiger charge is 2.63. The van der Waals surface area contributed by atoms with Crippen molar-refractivity contribution < 1.29 is 14.6 Å². The molecule has 1 unspecified atom stereocenters. The van der Waals surface area contributed by atoms with Crippen molar-refractivity contribution in [1.29, 1.82) is 0 Å². The molecular weight excluding hydrogens is 290 g/mol. The van der Waals surface area contributed by atoms with Gasteiger partial charge in [-0.3, -0.25) is 4.79 Å². The van der Waals surface area contributed by atoms with Crippen molar-refractivity contribution in [2.24, 2.45) is 34.8 Å². The molecule has 0 amide bonds. The number of ether oxygens (including phenoxy) is 1. The molecule has 1 aromatic carbocycles. The van der Waals surface area contributed by atoms with Crippen molar-refractivity contribution in [3.63, 3.8) is 0 Å². The zero-order valence-electron chi connectivity index (χ0n) is 13.6. The highest BCUT2D eigenvalue weighted by Crippen LogP contribution is 2.65. The topological polar surface area (TPSA) is 72.5 Å². The summed E-state index contributed by atoms with van der Waals surface area (Å²) in [7, 11) is 1.63. The first-order valence-corrected chi connectivity index (χ1v) is 8.68. The van der Waals surface area contributed by atoms with Gasteiger partial charge in [0, 0.05) is 6.04 Å². The summed E-state index contributed by atoms with van der Waals surface area (Å²) in [5.74, 6) is 2.01. The molecular formula is C19H25NO3. The quantitative estimate of drug-likeness (QED) is 0.895. The van der Waals surface area contributed by atoms with Crippen LogP contribution in [-0.2, 0) is 4.79 Å². The maximum atomic E-state index is 12.4. The Hall–Kier alpha value is -1.55. The summed E-state index contributed by atoms with van der Waals surface area (Å²) in [4.78, 5) is 12.4. The molecule has 0 spiro atoms. The summed E-state index contributed by atoms with van der Waals surface area (Å²) in [5, 5.41) is 10.2. The zero-order chi connectivity index (χ0) is 16.2. The molecule has 4 bridgehead atoms. The van der Waals surface area contributed by atoms with Gasteiger partial charge in [-0.25, -0.2) is 0 Å². The lowest BCUT2D eigenvalue weighted by Crippen LogP contribution is -2.61. The van der Waals surface area contributed by atoms with Crippen LogP contribution >= 0.6 is 0 Å². The van der Waals surface area contributed by atoms with Gasteiger partial charge in [-0.1, -0.05) is 12.1 Å². The molecule has 23 heavy (non-hydrogen) atoms. The average Bonchev–Trinajstić information content (AvgIpc) is 2.54. The van der Waals surface area contributed by atoms with E-state index in [1.54, 1.807) is 7.11 Å². The summed E-state index contributed by atoms with van der Waals surface area (Å²) in [6, 6.07) is 7.17. The number of rotatable bonds is 4. The van der Waals surface area contributed by atoms with Crippen molar-refractivity contribution >= 4 is 5.97 Å². The third-order valence-corrected chi connectivity index (χ3v) is 6.85. The van der Waals surface area contributed by atoms with E-state index in [-0.39, 0.29) is 11.8 Å². The molecule has 4 aliphatic rings. The minimum Gasteiger partial charge on any atom is -0.497 e. The summed E-state index contributed by atoms with van der Waals surface area (Å²) < 4.78 is 5.20. The fourth-order valence-corrected chi connectivity index (χ4v) is 6.04. The lowest BCUT2D eigenvalue weighted by molar-refractivity contribution is -0.182. The van der Waals surface area contributed by atoms with Crippen molar-refractivity contribution in [3.8, 4) is 5.75 Å². The van der Waals surface area contributed by atoms with Gasteiger partial charge in [-0.15, -0.1) is 0 Å². The second-order valence-electron chi connectivity index (χ2n) is 7.79. The van der Waals surface area contributed by atoms with Crippen LogP contribution in [0.3, 0.4) is 0 Å². The second kappa shape index (κ2) is 5.23. The van der Waals surface area contributed by atoms with E-state index in [9.17, 15) is 9.90 Å². The zero-order valence-corrected chi connectivity index (χ0v) is 13.6. The Balaban J connectivity index is 1.73.